The first kappa shape index (κ1) is 15.7. The van der Waals surface area contributed by atoms with Crippen molar-refractivity contribution in [2.45, 2.75) is 24.8 Å². The zero-order valence-electron chi connectivity index (χ0n) is 13.2. The maximum Gasteiger partial charge on any atom is 0.263 e. The zero-order chi connectivity index (χ0) is 16.4. The van der Waals surface area contributed by atoms with Crippen molar-refractivity contribution >= 4 is 11.8 Å². The van der Waals surface area contributed by atoms with Crippen LogP contribution in [-0.4, -0.2) is 70.3 Å². The van der Waals surface area contributed by atoms with Crippen LogP contribution in [0, 0.1) is 0 Å². The van der Waals surface area contributed by atoms with Gasteiger partial charge in [-0.15, -0.1) is 0 Å². The Kier molecular flexibility index (Phi) is 4.16. The minimum absolute atomic E-state index is 0.0578. The molecule has 0 aromatic carbocycles. The van der Waals surface area contributed by atoms with Gasteiger partial charge in [0, 0.05) is 44.3 Å². The molecule has 2 saturated heterocycles. The van der Waals surface area contributed by atoms with Crippen LogP contribution in [0.25, 0.3) is 0 Å². The van der Waals surface area contributed by atoms with E-state index < -0.39 is 5.56 Å². The van der Waals surface area contributed by atoms with Crippen molar-refractivity contribution in [2.24, 2.45) is 0 Å². The lowest BCUT2D eigenvalue weighted by molar-refractivity contribution is -0.121. The van der Waals surface area contributed by atoms with Crippen molar-refractivity contribution in [3.8, 4) is 0 Å². The monoisotopic (exact) mass is 319 g/mol. The molecule has 0 bridgehead atoms. The first-order valence-electron chi connectivity index (χ1n) is 7.82. The van der Waals surface area contributed by atoms with Gasteiger partial charge in [-0.05, 0) is 19.9 Å². The minimum atomic E-state index is -0.421. The van der Waals surface area contributed by atoms with Gasteiger partial charge < -0.3 is 15.2 Å². The van der Waals surface area contributed by atoms with Gasteiger partial charge in [-0.3, -0.25) is 19.3 Å². The lowest BCUT2D eigenvalue weighted by Gasteiger charge is -2.49. The van der Waals surface area contributed by atoms with E-state index in [1.807, 2.05) is 7.05 Å². The van der Waals surface area contributed by atoms with E-state index in [9.17, 15) is 14.4 Å². The molecule has 2 N–H and O–H groups in total. The summed E-state index contributed by atoms with van der Waals surface area (Å²) in [4.78, 5) is 46.4. The second-order valence-corrected chi connectivity index (χ2v) is 6.27. The summed E-state index contributed by atoms with van der Waals surface area (Å²) < 4.78 is 0. The Labute approximate surface area is 133 Å². The number of likely N-dealkylation sites (N-methyl/N-ethyl adjacent to an activating group) is 1. The molecule has 23 heavy (non-hydrogen) atoms. The highest BCUT2D eigenvalue weighted by atomic mass is 16.2. The molecule has 3 heterocycles. The van der Waals surface area contributed by atoms with E-state index in [0.717, 1.165) is 13.0 Å². The number of aromatic amines is 1. The summed E-state index contributed by atoms with van der Waals surface area (Å²) >= 11 is 0. The predicted octanol–water partition coefficient (Wildman–Crippen LogP) is -0.804. The Hall–Kier alpha value is -2.22. The number of carbonyl (C=O) groups excluding carboxylic acids is 2. The van der Waals surface area contributed by atoms with E-state index in [1.54, 1.807) is 4.90 Å². The normalized spacial score (nSPS) is 26.0. The largest absolute Gasteiger partial charge is 0.356 e. The predicted molar refractivity (Wildman–Crippen MR) is 83.0 cm³/mol. The van der Waals surface area contributed by atoms with E-state index in [2.05, 4.69) is 20.2 Å². The van der Waals surface area contributed by atoms with Crippen molar-refractivity contribution in [3.05, 3.63) is 28.4 Å². The fraction of sp³-hybridized carbons (Fsp3) is 0.600. The molecule has 1 spiro atoms. The van der Waals surface area contributed by atoms with E-state index >= 15 is 0 Å². The van der Waals surface area contributed by atoms with Gasteiger partial charge >= 0.3 is 0 Å². The minimum Gasteiger partial charge on any atom is -0.356 e. The molecule has 2 aliphatic rings. The van der Waals surface area contributed by atoms with Crippen LogP contribution in [0.4, 0.5) is 0 Å². The molecule has 1 aromatic heterocycles. The number of rotatable bonds is 1. The highest BCUT2D eigenvalue weighted by molar-refractivity contribution is 5.93. The maximum absolute atomic E-state index is 12.7. The van der Waals surface area contributed by atoms with Gasteiger partial charge in [0.2, 0.25) is 5.91 Å². The molecular weight excluding hydrogens is 298 g/mol. The standard InChI is InChI=1S/C15H21N5O3/c1-19-6-7-20(14(23)11-8-16-10-18-13(11)22)9-15(19)3-2-12(21)17-5-4-15/h8,10H,2-7,9H2,1H3,(H,17,21)(H,16,18,22)/t15-/m1/s1. The van der Waals surface area contributed by atoms with E-state index in [1.165, 1.54) is 12.5 Å². The Morgan fingerprint density at radius 3 is 2.91 bits per heavy atom. The van der Waals surface area contributed by atoms with Crippen molar-refractivity contribution in [1.82, 2.24) is 25.1 Å². The van der Waals surface area contributed by atoms with Crippen molar-refractivity contribution in [1.29, 1.82) is 0 Å². The number of H-pyrrole nitrogens is 1. The average molecular weight is 319 g/mol. The number of aromatic nitrogens is 2. The molecule has 0 aliphatic carbocycles. The van der Waals surface area contributed by atoms with Crippen LogP contribution < -0.4 is 10.9 Å². The molecule has 8 nitrogen and oxygen atoms in total. The Bertz CT molecular complexity index is 673. The van der Waals surface area contributed by atoms with Gasteiger partial charge in [0.25, 0.3) is 11.5 Å². The first-order chi connectivity index (χ1) is 11.0. The maximum atomic E-state index is 12.7. The van der Waals surface area contributed by atoms with Gasteiger partial charge in [0.05, 0.1) is 6.33 Å². The Morgan fingerprint density at radius 1 is 1.30 bits per heavy atom. The summed E-state index contributed by atoms with van der Waals surface area (Å²) in [6.45, 7) is 2.41. The summed E-state index contributed by atoms with van der Waals surface area (Å²) in [5, 5.41) is 2.89. The zero-order valence-corrected chi connectivity index (χ0v) is 13.2. The van der Waals surface area contributed by atoms with Crippen molar-refractivity contribution in [3.63, 3.8) is 0 Å². The summed E-state index contributed by atoms with van der Waals surface area (Å²) in [5.41, 5.74) is -0.576. The summed E-state index contributed by atoms with van der Waals surface area (Å²) in [5.74, 6) is -0.238. The number of nitrogens with one attached hydrogen (secondary N) is 2. The molecule has 1 atom stereocenters. The molecule has 0 unspecified atom stereocenters. The molecule has 124 valence electrons. The van der Waals surface area contributed by atoms with Crippen molar-refractivity contribution in [2.75, 3.05) is 33.2 Å². The molecule has 1 aromatic rings. The van der Waals surface area contributed by atoms with Crippen LogP contribution in [0.5, 0.6) is 0 Å². The number of piperazine rings is 1. The van der Waals surface area contributed by atoms with E-state index in [4.69, 9.17) is 0 Å². The molecule has 0 radical (unpaired) electrons. The van der Waals surface area contributed by atoms with Gasteiger partial charge in [0.15, 0.2) is 0 Å². The molecule has 2 aliphatic heterocycles. The van der Waals surface area contributed by atoms with Crippen LogP contribution in [-0.2, 0) is 4.79 Å². The van der Waals surface area contributed by atoms with Crippen LogP contribution >= 0.6 is 0 Å². The third kappa shape index (κ3) is 2.98. The number of amides is 2. The van der Waals surface area contributed by atoms with E-state index in [-0.39, 0.29) is 22.9 Å². The highest BCUT2D eigenvalue weighted by Crippen LogP contribution is 2.30. The molecular formula is C15H21N5O3. The Balaban J connectivity index is 1.83. The third-order valence-corrected chi connectivity index (χ3v) is 4.97. The molecule has 3 rings (SSSR count). The van der Waals surface area contributed by atoms with Crippen molar-refractivity contribution < 1.29 is 9.59 Å². The van der Waals surface area contributed by atoms with Crippen LogP contribution in [0.1, 0.15) is 29.6 Å². The van der Waals surface area contributed by atoms with Crippen LogP contribution in [0.15, 0.2) is 17.3 Å². The first-order valence-corrected chi connectivity index (χ1v) is 7.82. The summed E-state index contributed by atoms with van der Waals surface area (Å²) in [6.07, 6.45) is 4.54. The highest BCUT2D eigenvalue weighted by Gasteiger charge is 2.42. The molecule has 2 amide bonds. The lowest BCUT2D eigenvalue weighted by Crippen LogP contribution is -2.62. The van der Waals surface area contributed by atoms with Gasteiger partial charge in [-0.1, -0.05) is 0 Å². The third-order valence-electron chi connectivity index (χ3n) is 4.97. The van der Waals surface area contributed by atoms with Gasteiger partial charge in [-0.2, -0.15) is 0 Å². The Morgan fingerprint density at radius 2 is 2.13 bits per heavy atom. The second kappa shape index (κ2) is 6.11. The smallest absolute Gasteiger partial charge is 0.263 e. The number of carbonyl (C=O) groups is 2. The average Bonchev–Trinajstić information content (AvgIpc) is 2.73. The topological polar surface area (TPSA) is 98.4 Å². The molecule has 8 heteroatoms. The number of nitrogens with zero attached hydrogens (tertiary/aromatic N) is 3. The van der Waals surface area contributed by atoms with Gasteiger partial charge in [0.1, 0.15) is 5.56 Å². The molecule has 2 fully saturated rings. The second-order valence-electron chi connectivity index (χ2n) is 6.27. The van der Waals surface area contributed by atoms with Crippen LogP contribution in [0.2, 0.25) is 0 Å². The SMILES string of the molecule is CN1CCN(C(=O)c2cnc[nH]c2=O)C[C@@]12CCNC(=O)CC2. The number of hydrogen-bond donors (Lipinski definition) is 2. The van der Waals surface area contributed by atoms with Crippen LogP contribution in [0.3, 0.4) is 0 Å². The van der Waals surface area contributed by atoms with E-state index in [0.29, 0.717) is 32.5 Å². The molecule has 0 saturated carbocycles. The summed E-state index contributed by atoms with van der Waals surface area (Å²) in [6, 6.07) is 0. The van der Waals surface area contributed by atoms with Gasteiger partial charge in [-0.25, -0.2) is 4.98 Å². The fourth-order valence-electron chi connectivity index (χ4n) is 3.44. The number of hydrogen-bond acceptors (Lipinski definition) is 5. The lowest BCUT2D eigenvalue weighted by atomic mass is 9.86. The summed E-state index contributed by atoms with van der Waals surface area (Å²) in [7, 11) is 2.04. The fourth-order valence-corrected chi connectivity index (χ4v) is 3.44. The quantitative estimate of drug-likeness (QED) is 0.706.